The Balaban J connectivity index is 2.30. The third kappa shape index (κ3) is 3.11. The summed E-state index contributed by atoms with van der Waals surface area (Å²) in [5.41, 5.74) is 1.58. The molecule has 0 aliphatic rings. The van der Waals surface area contributed by atoms with Crippen LogP contribution < -0.4 is 0 Å². The Hall–Kier alpha value is -1.39. The van der Waals surface area contributed by atoms with Crippen molar-refractivity contribution in [1.29, 1.82) is 0 Å². The van der Waals surface area contributed by atoms with Gasteiger partial charge in [0.15, 0.2) is 0 Å². The Bertz CT molecular complexity index is 593. The molecule has 2 rings (SSSR count). The molecular weight excluding hydrogens is 264 g/mol. The van der Waals surface area contributed by atoms with Crippen molar-refractivity contribution < 1.29 is 9.84 Å². The first kappa shape index (κ1) is 16.0. The maximum atomic E-state index is 10.6. The maximum Gasteiger partial charge on any atom is 0.112 e. The van der Waals surface area contributed by atoms with E-state index in [0.717, 1.165) is 29.8 Å². The first-order valence-electron chi connectivity index (χ1n) is 7.81. The van der Waals surface area contributed by atoms with E-state index in [2.05, 4.69) is 22.5 Å². The molecule has 0 bridgehead atoms. The van der Waals surface area contributed by atoms with Gasteiger partial charge in [0, 0.05) is 19.6 Å². The third-order valence-electron chi connectivity index (χ3n) is 4.31. The van der Waals surface area contributed by atoms with Crippen LogP contribution in [0.1, 0.15) is 39.9 Å². The lowest BCUT2D eigenvalue weighted by molar-refractivity contribution is -0.110. The maximum absolute atomic E-state index is 10.6. The molecule has 2 unspecified atom stereocenters. The molecule has 2 aromatic rings. The minimum Gasteiger partial charge on any atom is -0.390 e. The van der Waals surface area contributed by atoms with Gasteiger partial charge in [0.2, 0.25) is 0 Å². The fourth-order valence-electron chi connectivity index (χ4n) is 2.79. The van der Waals surface area contributed by atoms with Gasteiger partial charge < -0.3 is 14.4 Å². The number of aryl methyl sites for hydroxylation is 1. The molecule has 1 heterocycles. The number of hydrogen-bond acceptors (Lipinski definition) is 3. The minimum absolute atomic E-state index is 0.507. The van der Waals surface area contributed by atoms with E-state index in [1.165, 1.54) is 0 Å². The minimum atomic E-state index is -0.565. The van der Waals surface area contributed by atoms with Crippen LogP contribution >= 0.6 is 0 Å². The number of benzene rings is 1. The van der Waals surface area contributed by atoms with E-state index in [9.17, 15) is 5.11 Å². The fourth-order valence-corrected chi connectivity index (χ4v) is 2.79. The predicted molar refractivity (Wildman–Crippen MR) is 85.4 cm³/mol. The van der Waals surface area contributed by atoms with Crippen LogP contribution in [0.5, 0.6) is 0 Å². The number of para-hydroxylation sites is 2. The Kier molecular flexibility index (Phi) is 5.01. The summed E-state index contributed by atoms with van der Waals surface area (Å²) in [6.45, 7) is 9.53. The van der Waals surface area contributed by atoms with E-state index in [1.54, 1.807) is 0 Å². The summed E-state index contributed by atoms with van der Waals surface area (Å²) in [6.07, 6.45) is 0.714. The van der Waals surface area contributed by atoms with Crippen molar-refractivity contribution in [2.75, 3.05) is 6.61 Å². The molecule has 2 atom stereocenters. The van der Waals surface area contributed by atoms with Crippen LogP contribution in [0.3, 0.4) is 0 Å². The summed E-state index contributed by atoms with van der Waals surface area (Å²) in [6, 6.07) is 8.10. The molecule has 0 spiro atoms. The molecule has 0 saturated heterocycles. The molecule has 0 saturated carbocycles. The topological polar surface area (TPSA) is 47.3 Å². The van der Waals surface area contributed by atoms with Crippen LogP contribution in [0.2, 0.25) is 0 Å². The molecule has 4 heteroatoms. The number of rotatable bonds is 7. The number of aliphatic hydroxyl groups excluding tert-OH is 1. The number of nitrogens with zero attached hydrogens (tertiary/aromatic N) is 2. The highest BCUT2D eigenvalue weighted by Crippen LogP contribution is 2.24. The largest absolute Gasteiger partial charge is 0.390 e. The Morgan fingerprint density at radius 3 is 2.62 bits per heavy atom. The van der Waals surface area contributed by atoms with Gasteiger partial charge in [0.1, 0.15) is 5.82 Å². The predicted octanol–water partition coefficient (Wildman–Crippen LogP) is 3.16. The molecule has 0 aliphatic carbocycles. The average molecular weight is 290 g/mol. The number of imidazole rings is 1. The van der Waals surface area contributed by atoms with Crippen LogP contribution in [0.4, 0.5) is 0 Å². The Morgan fingerprint density at radius 2 is 2.00 bits per heavy atom. The Morgan fingerprint density at radius 1 is 1.29 bits per heavy atom. The fraction of sp³-hybridized carbons (Fsp3) is 0.588. The summed E-state index contributed by atoms with van der Waals surface area (Å²) < 4.78 is 7.94. The standard InChI is InChI=1S/C17H26N2O2/c1-5-17(4,21-7-3)15(20)12-16-18-13-10-8-9-11-14(13)19(16)6-2/h8-11,15,20H,5-7,12H2,1-4H3. The SMILES string of the molecule is CCOC(C)(CC)C(O)Cc1nc2ccccc2n1CC. The van der Waals surface area contributed by atoms with Gasteiger partial charge in [-0.05, 0) is 39.3 Å². The van der Waals surface area contributed by atoms with Crippen LogP contribution in [0, 0.1) is 0 Å². The van der Waals surface area contributed by atoms with E-state index in [-0.39, 0.29) is 0 Å². The lowest BCUT2D eigenvalue weighted by atomic mass is 9.93. The normalized spacial score (nSPS) is 16.0. The second-order valence-corrected chi connectivity index (χ2v) is 5.58. The number of fused-ring (bicyclic) bond motifs is 1. The van der Waals surface area contributed by atoms with E-state index in [1.807, 2.05) is 39.0 Å². The first-order chi connectivity index (χ1) is 10.1. The number of hydrogen-bond donors (Lipinski definition) is 1. The van der Waals surface area contributed by atoms with E-state index >= 15 is 0 Å². The second kappa shape index (κ2) is 6.58. The van der Waals surface area contributed by atoms with Gasteiger partial charge in [-0.15, -0.1) is 0 Å². The molecule has 1 aromatic carbocycles. The van der Waals surface area contributed by atoms with Crippen LogP contribution in [-0.2, 0) is 17.7 Å². The van der Waals surface area contributed by atoms with Crippen LogP contribution in [0.15, 0.2) is 24.3 Å². The van der Waals surface area contributed by atoms with Crippen molar-refractivity contribution >= 4 is 11.0 Å². The van der Waals surface area contributed by atoms with Gasteiger partial charge in [-0.25, -0.2) is 4.98 Å². The van der Waals surface area contributed by atoms with Crippen molar-refractivity contribution in [3.05, 3.63) is 30.1 Å². The molecular formula is C17H26N2O2. The molecule has 0 fully saturated rings. The molecule has 21 heavy (non-hydrogen) atoms. The van der Waals surface area contributed by atoms with Crippen LogP contribution in [-0.4, -0.2) is 33.0 Å². The van der Waals surface area contributed by atoms with Crippen molar-refractivity contribution in [3.63, 3.8) is 0 Å². The monoisotopic (exact) mass is 290 g/mol. The quantitative estimate of drug-likeness (QED) is 0.852. The van der Waals surface area contributed by atoms with Crippen molar-refractivity contribution in [3.8, 4) is 0 Å². The molecule has 1 aromatic heterocycles. The second-order valence-electron chi connectivity index (χ2n) is 5.58. The molecule has 0 radical (unpaired) electrons. The number of aromatic nitrogens is 2. The molecule has 4 nitrogen and oxygen atoms in total. The molecule has 0 aliphatic heterocycles. The molecule has 1 N–H and O–H groups in total. The Labute approximate surface area is 126 Å². The van der Waals surface area contributed by atoms with Crippen LogP contribution in [0.25, 0.3) is 11.0 Å². The van der Waals surface area contributed by atoms with Gasteiger partial charge in [-0.2, -0.15) is 0 Å². The highest BCUT2D eigenvalue weighted by molar-refractivity contribution is 5.75. The van der Waals surface area contributed by atoms with Crippen molar-refractivity contribution in [2.24, 2.45) is 0 Å². The van der Waals surface area contributed by atoms with Crippen molar-refractivity contribution in [1.82, 2.24) is 9.55 Å². The number of ether oxygens (including phenoxy) is 1. The highest BCUT2D eigenvalue weighted by Gasteiger charge is 2.33. The lowest BCUT2D eigenvalue weighted by Gasteiger charge is -2.33. The van der Waals surface area contributed by atoms with Gasteiger partial charge in [-0.1, -0.05) is 19.1 Å². The summed E-state index contributed by atoms with van der Waals surface area (Å²) in [7, 11) is 0. The summed E-state index contributed by atoms with van der Waals surface area (Å²) >= 11 is 0. The van der Waals surface area contributed by atoms with Gasteiger partial charge in [0.05, 0.1) is 22.7 Å². The zero-order valence-corrected chi connectivity index (χ0v) is 13.5. The summed E-state index contributed by atoms with van der Waals surface area (Å²) in [5.74, 6) is 0.922. The van der Waals surface area contributed by atoms with Gasteiger partial charge in [0.25, 0.3) is 0 Å². The summed E-state index contributed by atoms with van der Waals surface area (Å²) in [5, 5.41) is 10.6. The zero-order chi connectivity index (χ0) is 15.5. The van der Waals surface area contributed by atoms with Gasteiger partial charge >= 0.3 is 0 Å². The average Bonchev–Trinajstić information content (AvgIpc) is 2.84. The van der Waals surface area contributed by atoms with Crippen molar-refractivity contribution in [2.45, 2.75) is 58.8 Å². The highest BCUT2D eigenvalue weighted by atomic mass is 16.5. The smallest absolute Gasteiger partial charge is 0.112 e. The van der Waals surface area contributed by atoms with E-state index in [4.69, 9.17) is 4.74 Å². The number of aliphatic hydroxyl groups is 1. The van der Waals surface area contributed by atoms with E-state index in [0.29, 0.717) is 13.0 Å². The first-order valence-corrected chi connectivity index (χ1v) is 7.81. The lowest BCUT2D eigenvalue weighted by Crippen LogP contribution is -2.43. The zero-order valence-electron chi connectivity index (χ0n) is 13.5. The summed E-state index contributed by atoms with van der Waals surface area (Å²) in [4.78, 5) is 4.68. The van der Waals surface area contributed by atoms with E-state index < -0.39 is 11.7 Å². The molecule has 116 valence electrons. The van der Waals surface area contributed by atoms with Gasteiger partial charge in [-0.3, -0.25) is 0 Å². The molecule has 0 amide bonds. The third-order valence-corrected chi connectivity index (χ3v) is 4.31.